The van der Waals surface area contributed by atoms with Crippen LogP contribution in [0.1, 0.15) is 40.0 Å². The third-order valence-electron chi connectivity index (χ3n) is 4.29. The van der Waals surface area contributed by atoms with Crippen molar-refractivity contribution in [1.29, 1.82) is 0 Å². The zero-order chi connectivity index (χ0) is 9.69. The summed E-state index contributed by atoms with van der Waals surface area (Å²) in [7, 11) is 2.27. The number of hydrogen-bond acceptors (Lipinski definition) is 1. The lowest BCUT2D eigenvalue weighted by molar-refractivity contribution is -0.0363. The highest BCUT2D eigenvalue weighted by molar-refractivity contribution is 5.04. The minimum Gasteiger partial charge on any atom is -0.306 e. The number of hydrogen-bond donors (Lipinski definition) is 0. The maximum absolute atomic E-state index is 2.51. The summed E-state index contributed by atoms with van der Waals surface area (Å²) in [6.45, 7) is 9.92. The second-order valence-electron chi connectivity index (χ2n) is 6.31. The minimum atomic E-state index is 0.531. The van der Waals surface area contributed by atoms with Gasteiger partial charge in [-0.2, -0.15) is 0 Å². The lowest BCUT2D eigenvalue weighted by Gasteiger charge is -2.54. The van der Waals surface area contributed by atoms with Gasteiger partial charge in [-0.3, -0.25) is 0 Å². The van der Waals surface area contributed by atoms with Gasteiger partial charge in [0.2, 0.25) is 0 Å². The molecular formula is C12H23N. The molecule has 1 spiro atoms. The molecule has 2 atom stereocenters. The van der Waals surface area contributed by atoms with Crippen molar-refractivity contribution < 1.29 is 0 Å². The molecule has 0 aromatic carbocycles. The quantitative estimate of drug-likeness (QED) is 0.555. The molecular weight excluding hydrogens is 158 g/mol. The molecule has 1 aliphatic carbocycles. The molecule has 1 saturated heterocycles. The minimum absolute atomic E-state index is 0.531. The standard InChI is InChI=1S/C12H23N/c1-11(2,3)10-5-6-12(10)7-8-13(4)9-12/h10H,5-9H2,1-4H3/t10?,12-/m0/s1. The van der Waals surface area contributed by atoms with E-state index in [1.807, 2.05) is 0 Å². The Morgan fingerprint density at radius 1 is 1.23 bits per heavy atom. The highest BCUT2D eigenvalue weighted by atomic mass is 15.1. The summed E-state index contributed by atoms with van der Waals surface area (Å²) < 4.78 is 0. The van der Waals surface area contributed by atoms with E-state index in [1.54, 1.807) is 0 Å². The highest BCUT2D eigenvalue weighted by Crippen LogP contribution is 2.58. The van der Waals surface area contributed by atoms with Gasteiger partial charge in [-0.25, -0.2) is 0 Å². The number of likely N-dealkylation sites (tertiary alicyclic amines) is 1. The summed E-state index contributed by atoms with van der Waals surface area (Å²) in [5.74, 6) is 0.977. The first-order valence-corrected chi connectivity index (χ1v) is 5.63. The van der Waals surface area contributed by atoms with Crippen LogP contribution in [-0.4, -0.2) is 25.0 Å². The van der Waals surface area contributed by atoms with Gasteiger partial charge in [-0.15, -0.1) is 0 Å². The van der Waals surface area contributed by atoms with Crippen molar-refractivity contribution in [3.05, 3.63) is 0 Å². The average molecular weight is 181 g/mol. The predicted octanol–water partition coefficient (Wildman–Crippen LogP) is 2.76. The molecule has 1 heteroatoms. The number of rotatable bonds is 0. The van der Waals surface area contributed by atoms with Gasteiger partial charge in [0.05, 0.1) is 0 Å². The van der Waals surface area contributed by atoms with Gasteiger partial charge < -0.3 is 4.90 Å². The van der Waals surface area contributed by atoms with Gasteiger partial charge in [0, 0.05) is 6.54 Å². The van der Waals surface area contributed by atoms with Crippen molar-refractivity contribution in [3.63, 3.8) is 0 Å². The van der Waals surface area contributed by atoms with E-state index < -0.39 is 0 Å². The number of nitrogens with zero attached hydrogens (tertiary/aromatic N) is 1. The van der Waals surface area contributed by atoms with E-state index in [2.05, 4.69) is 32.7 Å². The maximum atomic E-state index is 2.51. The molecule has 1 unspecified atom stereocenters. The molecule has 1 heterocycles. The molecule has 0 bridgehead atoms. The van der Waals surface area contributed by atoms with Crippen LogP contribution in [-0.2, 0) is 0 Å². The lowest BCUT2D eigenvalue weighted by atomic mass is 9.51. The zero-order valence-electron chi connectivity index (χ0n) is 9.56. The fourth-order valence-electron chi connectivity index (χ4n) is 3.65. The molecule has 1 saturated carbocycles. The van der Waals surface area contributed by atoms with Gasteiger partial charge in [-0.1, -0.05) is 20.8 Å². The van der Waals surface area contributed by atoms with E-state index in [0.717, 1.165) is 5.92 Å². The molecule has 2 aliphatic rings. The van der Waals surface area contributed by atoms with Crippen LogP contribution in [0.2, 0.25) is 0 Å². The summed E-state index contributed by atoms with van der Waals surface area (Å²) in [5.41, 5.74) is 1.25. The largest absolute Gasteiger partial charge is 0.306 e. The average Bonchev–Trinajstić information content (AvgIpc) is 2.27. The molecule has 2 rings (SSSR count). The summed E-state index contributed by atoms with van der Waals surface area (Å²) >= 11 is 0. The molecule has 1 aliphatic heterocycles. The first kappa shape index (κ1) is 9.51. The molecule has 0 aromatic heterocycles. The Labute approximate surface area is 82.5 Å². The first-order valence-electron chi connectivity index (χ1n) is 5.63. The normalized spacial score (nSPS) is 41.1. The van der Waals surface area contributed by atoms with E-state index in [9.17, 15) is 0 Å². The molecule has 0 N–H and O–H groups in total. The van der Waals surface area contributed by atoms with Gasteiger partial charge >= 0.3 is 0 Å². The van der Waals surface area contributed by atoms with Gasteiger partial charge in [0.1, 0.15) is 0 Å². The fraction of sp³-hybridized carbons (Fsp3) is 1.00. The third-order valence-corrected chi connectivity index (χ3v) is 4.29. The van der Waals surface area contributed by atoms with Crippen molar-refractivity contribution >= 4 is 0 Å². The lowest BCUT2D eigenvalue weighted by Crippen LogP contribution is -2.48. The predicted molar refractivity (Wildman–Crippen MR) is 56.7 cm³/mol. The topological polar surface area (TPSA) is 3.24 Å². The monoisotopic (exact) mass is 181 g/mol. The third kappa shape index (κ3) is 1.41. The Bertz CT molecular complexity index is 204. The summed E-state index contributed by atoms with van der Waals surface area (Å²) in [5, 5.41) is 0. The second-order valence-corrected chi connectivity index (χ2v) is 6.31. The van der Waals surface area contributed by atoms with Crippen LogP contribution in [0.25, 0.3) is 0 Å². The Kier molecular flexibility index (Phi) is 1.99. The molecule has 76 valence electrons. The zero-order valence-corrected chi connectivity index (χ0v) is 9.56. The smallest absolute Gasteiger partial charge is 0.00383 e. The van der Waals surface area contributed by atoms with Gasteiger partial charge in [-0.05, 0) is 49.6 Å². The summed E-state index contributed by atoms with van der Waals surface area (Å²) in [6.07, 6.45) is 4.40. The van der Waals surface area contributed by atoms with Crippen molar-refractivity contribution in [2.24, 2.45) is 16.7 Å². The Morgan fingerprint density at radius 3 is 2.23 bits per heavy atom. The highest BCUT2D eigenvalue weighted by Gasteiger charge is 2.53. The van der Waals surface area contributed by atoms with Crippen LogP contribution in [0.4, 0.5) is 0 Å². The Hall–Kier alpha value is -0.0400. The van der Waals surface area contributed by atoms with Crippen LogP contribution in [0.3, 0.4) is 0 Å². The second kappa shape index (κ2) is 2.73. The Morgan fingerprint density at radius 2 is 1.92 bits per heavy atom. The van der Waals surface area contributed by atoms with Crippen molar-refractivity contribution in [2.75, 3.05) is 20.1 Å². The van der Waals surface area contributed by atoms with Gasteiger partial charge in [0.25, 0.3) is 0 Å². The van der Waals surface area contributed by atoms with Crippen LogP contribution in [0, 0.1) is 16.7 Å². The van der Waals surface area contributed by atoms with E-state index in [1.165, 1.54) is 32.4 Å². The van der Waals surface area contributed by atoms with Crippen molar-refractivity contribution in [2.45, 2.75) is 40.0 Å². The van der Waals surface area contributed by atoms with Crippen LogP contribution in [0.5, 0.6) is 0 Å². The maximum Gasteiger partial charge on any atom is 0.00383 e. The molecule has 0 amide bonds. The van der Waals surface area contributed by atoms with E-state index in [-0.39, 0.29) is 0 Å². The van der Waals surface area contributed by atoms with Crippen LogP contribution >= 0.6 is 0 Å². The summed E-state index contributed by atoms with van der Waals surface area (Å²) in [4.78, 5) is 2.51. The van der Waals surface area contributed by atoms with E-state index in [4.69, 9.17) is 0 Å². The van der Waals surface area contributed by atoms with Crippen molar-refractivity contribution in [3.8, 4) is 0 Å². The van der Waals surface area contributed by atoms with Crippen LogP contribution < -0.4 is 0 Å². The summed E-state index contributed by atoms with van der Waals surface area (Å²) in [6, 6.07) is 0. The van der Waals surface area contributed by atoms with Crippen molar-refractivity contribution in [1.82, 2.24) is 4.90 Å². The molecule has 13 heavy (non-hydrogen) atoms. The van der Waals surface area contributed by atoms with Crippen LogP contribution in [0.15, 0.2) is 0 Å². The van der Waals surface area contributed by atoms with Gasteiger partial charge in [0.15, 0.2) is 0 Å². The van der Waals surface area contributed by atoms with E-state index >= 15 is 0 Å². The SMILES string of the molecule is CN1CC[C@@]2(CCC2C(C)(C)C)C1. The molecule has 2 fully saturated rings. The molecule has 0 aromatic rings. The Balaban J connectivity index is 2.09. The first-order chi connectivity index (χ1) is 5.94. The fourth-order valence-corrected chi connectivity index (χ4v) is 3.65. The molecule has 0 radical (unpaired) electrons. The molecule has 1 nitrogen and oxygen atoms in total. The van der Waals surface area contributed by atoms with E-state index in [0.29, 0.717) is 10.8 Å².